The molecule has 1 fully saturated rings. The van der Waals surface area contributed by atoms with E-state index in [1.807, 2.05) is 39.0 Å². The van der Waals surface area contributed by atoms with Gasteiger partial charge in [-0.1, -0.05) is 6.07 Å². The Hall–Kier alpha value is -0.750. The van der Waals surface area contributed by atoms with Gasteiger partial charge in [-0.25, -0.2) is 4.79 Å². The molecule has 1 aromatic rings. The maximum absolute atomic E-state index is 11.9. The SMILES string of the molecule is CC(C)(C)OC(=O)NC1CCCC(Nc2c(Br)cccc2Br)C1. The topological polar surface area (TPSA) is 50.4 Å². The van der Waals surface area contributed by atoms with Crippen molar-refractivity contribution in [3.63, 3.8) is 0 Å². The summed E-state index contributed by atoms with van der Waals surface area (Å²) in [5.74, 6) is 0. The Kier molecular flexibility index (Phi) is 6.37. The van der Waals surface area contributed by atoms with Gasteiger partial charge in [0.05, 0.1) is 5.69 Å². The van der Waals surface area contributed by atoms with Gasteiger partial charge in [0.15, 0.2) is 0 Å². The number of anilines is 1. The Morgan fingerprint density at radius 3 is 2.39 bits per heavy atom. The van der Waals surface area contributed by atoms with E-state index in [0.29, 0.717) is 6.04 Å². The minimum atomic E-state index is -0.462. The van der Waals surface area contributed by atoms with Crippen LogP contribution in [0.2, 0.25) is 0 Å². The van der Waals surface area contributed by atoms with Crippen molar-refractivity contribution in [1.29, 1.82) is 0 Å². The van der Waals surface area contributed by atoms with Gasteiger partial charge in [0.2, 0.25) is 0 Å². The quantitative estimate of drug-likeness (QED) is 0.646. The second-order valence-corrected chi connectivity index (χ2v) is 8.66. The number of para-hydroxylation sites is 1. The molecule has 128 valence electrons. The van der Waals surface area contributed by atoms with E-state index in [0.717, 1.165) is 40.3 Å². The molecule has 0 bridgehead atoms. The van der Waals surface area contributed by atoms with Gasteiger partial charge in [-0.3, -0.25) is 0 Å². The van der Waals surface area contributed by atoms with E-state index >= 15 is 0 Å². The first-order valence-corrected chi connectivity index (χ1v) is 9.53. The minimum Gasteiger partial charge on any atom is -0.444 e. The number of halogens is 2. The van der Waals surface area contributed by atoms with Gasteiger partial charge in [0.1, 0.15) is 5.60 Å². The van der Waals surface area contributed by atoms with Crippen molar-refractivity contribution in [3.05, 3.63) is 27.1 Å². The summed E-state index contributed by atoms with van der Waals surface area (Å²) in [5, 5.41) is 6.58. The van der Waals surface area contributed by atoms with Crippen LogP contribution >= 0.6 is 31.9 Å². The molecule has 0 saturated heterocycles. The lowest BCUT2D eigenvalue weighted by molar-refractivity contribution is 0.0492. The monoisotopic (exact) mass is 446 g/mol. The van der Waals surface area contributed by atoms with Crippen LogP contribution in [-0.2, 0) is 4.74 Å². The highest BCUT2D eigenvalue weighted by Gasteiger charge is 2.26. The number of amides is 1. The highest BCUT2D eigenvalue weighted by Crippen LogP contribution is 2.33. The molecular weight excluding hydrogens is 424 g/mol. The summed E-state index contributed by atoms with van der Waals surface area (Å²) in [6.07, 6.45) is 3.74. The molecule has 2 rings (SSSR count). The van der Waals surface area contributed by atoms with E-state index < -0.39 is 5.60 Å². The van der Waals surface area contributed by atoms with E-state index in [9.17, 15) is 4.79 Å². The predicted molar refractivity (Wildman–Crippen MR) is 101 cm³/mol. The molecule has 1 saturated carbocycles. The van der Waals surface area contributed by atoms with Crippen molar-refractivity contribution in [2.45, 2.75) is 64.1 Å². The zero-order valence-electron chi connectivity index (χ0n) is 13.8. The third-order valence-electron chi connectivity index (χ3n) is 3.71. The van der Waals surface area contributed by atoms with Crippen LogP contribution in [0, 0.1) is 0 Å². The number of alkyl carbamates (subject to hydrolysis) is 1. The number of nitrogens with one attached hydrogen (secondary N) is 2. The standard InChI is InChI=1S/C17H24Br2N2O2/c1-17(2,3)23-16(22)21-12-7-4-6-11(10-12)20-15-13(18)8-5-9-14(15)19/h5,8-9,11-12,20H,4,6-7,10H2,1-3H3,(H,21,22). The third kappa shape index (κ3) is 5.99. The van der Waals surface area contributed by atoms with Gasteiger partial charge in [-0.15, -0.1) is 0 Å². The lowest BCUT2D eigenvalue weighted by Crippen LogP contribution is -2.43. The lowest BCUT2D eigenvalue weighted by atomic mass is 9.91. The van der Waals surface area contributed by atoms with Gasteiger partial charge in [0, 0.05) is 21.0 Å². The van der Waals surface area contributed by atoms with Gasteiger partial charge in [0.25, 0.3) is 0 Å². The van der Waals surface area contributed by atoms with Crippen LogP contribution in [0.5, 0.6) is 0 Å². The molecular formula is C17H24Br2N2O2. The zero-order chi connectivity index (χ0) is 17.0. The van der Waals surface area contributed by atoms with E-state index in [2.05, 4.69) is 42.5 Å². The molecule has 2 N–H and O–H groups in total. The summed E-state index contributed by atoms with van der Waals surface area (Å²) < 4.78 is 7.42. The van der Waals surface area contributed by atoms with Crippen LogP contribution in [0.15, 0.2) is 27.1 Å². The van der Waals surface area contributed by atoms with Crippen LogP contribution in [-0.4, -0.2) is 23.8 Å². The number of hydrogen-bond donors (Lipinski definition) is 2. The van der Waals surface area contributed by atoms with Gasteiger partial charge in [-0.2, -0.15) is 0 Å². The first-order chi connectivity index (χ1) is 10.7. The summed E-state index contributed by atoms with van der Waals surface area (Å²) in [6, 6.07) is 6.52. The van der Waals surface area contributed by atoms with Gasteiger partial charge >= 0.3 is 6.09 Å². The molecule has 1 aromatic carbocycles. The van der Waals surface area contributed by atoms with Crippen LogP contribution in [0.4, 0.5) is 10.5 Å². The molecule has 2 unspecified atom stereocenters. The maximum Gasteiger partial charge on any atom is 0.407 e. The van der Waals surface area contributed by atoms with Crippen LogP contribution in [0.25, 0.3) is 0 Å². The number of hydrogen-bond acceptors (Lipinski definition) is 3. The summed E-state index contributed by atoms with van der Waals surface area (Å²) in [5.41, 5.74) is 0.603. The van der Waals surface area contributed by atoms with Crippen molar-refractivity contribution in [1.82, 2.24) is 5.32 Å². The van der Waals surface area contributed by atoms with E-state index in [1.54, 1.807) is 0 Å². The van der Waals surface area contributed by atoms with Gasteiger partial charge < -0.3 is 15.4 Å². The first-order valence-electron chi connectivity index (χ1n) is 7.94. The largest absolute Gasteiger partial charge is 0.444 e. The molecule has 6 heteroatoms. The molecule has 4 nitrogen and oxygen atoms in total. The Labute approximate surface area is 155 Å². The average Bonchev–Trinajstić information content (AvgIpc) is 2.41. The normalized spacial score (nSPS) is 21.6. The van der Waals surface area contributed by atoms with Crippen molar-refractivity contribution in [2.75, 3.05) is 5.32 Å². The Bertz CT molecular complexity index is 538. The molecule has 1 aliphatic carbocycles. The van der Waals surface area contributed by atoms with Gasteiger partial charge in [-0.05, 0) is 90.4 Å². The summed E-state index contributed by atoms with van der Waals surface area (Å²) in [4.78, 5) is 11.9. The van der Waals surface area contributed by atoms with Crippen LogP contribution in [0.3, 0.4) is 0 Å². The Balaban J connectivity index is 1.92. The van der Waals surface area contributed by atoms with Crippen molar-refractivity contribution in [2.24, 2.45) is 0 Å². The van der Waals surface area contributed by atoms with Crippen molar-refractivity contribution < 1.29 is 9.53 Å². The highest BCUT2D eigenvalue weighted by atomic mass is 79.9. The smallest absolute Gasteiger partial charge is 0.407 e. The lowest BCUT2D eigenvalue weighted by Gasteiger charge is -2.32. The minimum absolute atomic E-state index is 0.150. The number of rotatable bonds is 3. The van der Waals surface area contributed by atoms with Crippen molar-refractivity contribution >= 4 is 43.6 Å². The summed E-state index contributed by atoms with van der Waals surface area (Å²) in [6.45, 7) is 5.63. The fourth-order valence-corrected chi connectivity index (χ4v) is 3.99. The molecule has 0 aromatic heterocycles. The average molecular weight is 448 g/mol. The van der Waals surface area contributed by atoms with E-state index in [1.165, 1.54) is 0 Å². The van der Waals surface area contributed by atoms with E-state index in [4.69, 9.17) is 4.74 Å². The molecule has 1 amide bonds. The zero-order valence-corrected chi connectivity index (χ0v) is 17.0. The fraction of sp³-hybridized carbons (Fsp3) is 0.588. The second-order valence-electron chi connectivity index (χ2n) is 6.95. The molecule has 0 radical (unpaired) electrons. The number of carbonyl (C=O) groups excluding carboxylic acids is 1. The molecule has 0 spiro atoms. The Morgan fingerprint density at radius 2 is 1.78 bits per heavy atom. The first kappa shape index (κ1) is 18.6. The van der Waals surface area contributed by atoms with Crippen LogP contribution in [0.1, 0.15) is 46.5 Å². The predicted octanol–water partition coefficient (Wildman–Crippen LogP) is 5.46. The molecule has 1 aliphatic rings. The van der Waals surface area contributed by atoms with E-state index in [-0.39, 0.29) is 12.1 Å². The third-order valence-corrected chi connectivity index (χ3v) is 5.03. The highest BCUT2D eigenvalue weighted by molar-refractivity contribution is 9.11. The number of ether oxygens (including phenoxy) is 1. The number of carbonyl (C=O) groups is 1. The summed E-state index contributed by atoms with van der Waals surface area (Å²) >= 11 is 7.16. The second kappa shape index (κ2) is 7.88. The van der Waals surface area contributed by atoms with Crippen LogP contribution < -0.4 is 10.6 Å². The molecule has 0 aliphatic heterocycles. The number of benzene rings is 1. The maximum atomic E-state index is 11.9. The molecule has 0 heterocycles. The Morgan fingerprint density at radius 1 is 1.17 bits per heavy atom. The summed E-state index contributed by atoms with van der Waals surface area (Å²) in [7, 11) is 0. The molecule has 2 atom stereocenters. The molecule has 23 heavy (non-hydrogen) atoms. The van der Waals surface area contributed by atoms with Crippen molar-refractivity contribution in [3.8, 4) is 0 Å². The fourth-order valence-electron chi connectivity index (χ4n) is 2.77.